The van der Waals surface area contributed by atoms with E-state index in [1.807, 2.05) is 0 Å². The molecule has 0 saturated heterocycles. The van der Waals surface area contributed by atoms with E-state index in [1.54, 1.807) is 0 Å². The lowest BCUT2D eigenvalue weighted by molar-refractivity contribution is 0.125. The minimum atomic E-state index is -0.241. The van der Waals surface area contributed by atoms with Gasteiger partial charge in [-0.25, -0.2) is 4.98 Å². The summed E-state index contributed by atoms with van der Waals surface area (Å²) in [5.74, 6) is 0.325. The lowest BCUT2D eigenvalue weighted by atomic mass is 9.93. The normalized spacial score (nSPS) is 25.4. The molecule has 2 unspecified atom stereocenters. The van der Waals surface area contributed by atoms with E-state index in [9.17, 15) is 4.79 Å². The fourth-order valence-corrected chi connectivity index (χ4v) is 2.17. The Bertz CT molecular complexity index is 421. The van der Waals surface area contributed by atoms with Crippen LogP contribution >= 0.6 is 15.9 Å². The number of hydrogen-bond donors (Lipinski definition) is 2. The van der Waals surface area contributed by atoms with Gasteiger partial charge in [0.05, 0.1) is 6.33 Å². The van der Waals surface area contributed by atoms with Crippen LogP contribution in [0.15, 0.2) is 15.6 Å². The maximum absolute atomic E-state index is 11.3. The molecule has 1 heterocycles. The van der Waals surface area contributed by atoms with Crippen molar-refractivity contribution < 1.29 is 4.74 Å². The summed E-state index contributed by atoms with van der Waals surface area (Å²) in [6, 6.07) is 0.0294. The average Bonchev–Trinajstić information content (AvgIpc) is 2.28. The Morgan fingerprint density at radius 2 is 2.25 bits per heavy atom. The van der Waals surface area contributed by atoms with E-state index in [1.165, 1.54) is 6.33 Å². The number of nitrogens with two attached hydrogens (primary N) is 1. The lowest BCUT2D eigenvalue weighted by Gasteiger charge is -2.28. The van der Waals surface area contributed by atoms with Crippen molar-refractivity contribution >= 4 is 15.9 Å². The largest absolute Gasteiger partial charge is 0.472 e. The Hall–Kier alpha value is -0.880. The number of ether oxygens (including phenoxy) is 1. The molecule has 1 aliphatic rings. The van der Waals surface area contributed by atoms with Gasteiger partial charge in [0.15, 0.2) is 0 Å². The smallest absolute Gasteiger partial charge is 0.268 e. The number of rotatable bonds is 2. The van der Waals surface area contributed by atoms with Crippen LogP contribution in [0.1, 0.15) is 25.7 Å². The van der Waals surface area contributed by atoms with Crippen molar-refractivity contribution in [2.24, 2.45) is 5.73 Å². The number of aromatic nitrogens is 2. The van der Waals surface area contributed by atoms with Gasteiger partial charge in [-0.2, -0.15) is 0 Å². The molecule has 0 spiro atoms. The van der Waals surface area contributed by atoms with Crippen molar-refractivity contribution in [3.8, 4) is 5.88 Å². The Morgan fingerprint density at radius 3 is 3.00 bits per heavy atom. The topological polar surface area (TPSA) is 81.0 Å². The van der Waals surface area contributed by atoms with E-state index in [2.05, 4.69) is 25.9 Å². The van der Waals surface area contributed by atoms with E-state index in [0.29, 0.717) is 10.4 Å². The van der Waals surface area contributed by atoms with Crippen LogP contribution < -0.4 is 16.0 Å². The molecule has 16 heavy (non-hydrogen) atoms. The van der Waals surface area contributed by atoms with Crippen LogP contribution in [0.4, 0.5) is 0 Å². The first-order valence-corrected chi connectivity index (χ1v) is 6.13. The molecule has 88 valence electrons. The van der Waals surface area contributed by atoms with E-state index in [-0.39, 0.29) is 17.7 Å². The highest BCUT2D eigenvalue weighted by molar-refractivity contribution is 9.10. The van der Waals surface area contributed by atoms with Crippen molar-refractivity contribution in [3.05, 3.63) is 21.2 Å². The van der Waals surface area contributed by atoms with Gasteiger partial charge in [-0.3, -0.25) is 4.79 Å². The molecule has 0 bridgehead atoms. The Balaban J connectivity index is 2.14. The maximum atomic E-state index is 11.3. The Labute approximate surface area is 102 Å². The second kappa shape index (κ2) is 4.97. The monoisotopic (exact) mass is 287 g/mol. The second-order valence-electron chi connectivity index (χ2n) is 3.96. The number of H-pyrrole nitrogens is 1. The molecule has 1 aliphatic carbocycles. The van der Waals surface area contributed by atoms with Crippen molar-refractivity contribution in [2.75, 3.05) is 0 Å². The summed E-state index contributed by atoms with van der Waals surface area (Å²) in [5.41, 5.74) is 5.72. The minimum Gasteiger partial charge on any atom is -0.472 e. The Morgan fingerprint density at radius 1 is 1.50 bits per heavy atom. The third kappa shape index (κ3) is 2.44. The molecule has 1 fully saturated rings. The zero-order chi connectivity index (χ0) is 11.5. The molecule has 1 saturated carbocycles. The van der Waals surface area contributed by atoms with Crippen LogP contribution in [0, 0.1) is 0 Å². The summed E-state index contributed by atoms with van der Waals surface area (Å²) >= 11 is 3.15. The predicted molar refractivity (Wildman–Crippen MR) is 63.4 cm³/mol. The molecule has 0 aliphatic heterocycles. The predicted octanol–water partition coefficient (Wildman–Crippen LogP) is 1.18. The number of nitrogens with one attached hydrogen (secondary N) is 1. The van der Waals surface area contributed by atoms with Crippen molar-refractivity contribution in [1.29, 1.82) is 0 Å². The average molecular weight is 288 g/mol. The van der Waals surface area contributed by atoms with Crippen molar-refractivity contribution in [3.63, 3.8) is 0 Å². The van der Waals surface area contributed by atoms with Crippen LogP contribution in [0.3, 0.4) is 0 Å². The molecule has 0 aromatic carbocycles. The molecule has 1 aromatic rings. The number of halogens is 1. The summed E-state index contributed by atoms with van der Waals surface area (Å²) in [7, 11) is 0. The first kappa shape index (κ1) is 11.6. The van der Waals surface area contributed by atoms with Crippen LogP contribution in [0.2, 0.25) is 0 Å². The maximum Gasteiger partial charge on any atom is 0.268 e. The fraction of sp³-hybridized carbons (Fsp3) is 0.600. The van der Waals surface area contributed by atoms with Gasteiger partial charge in [0.2, 0.25) is 5.88 Å². The summed E-state index contributed by atoms with van der Waals surface area (Å²) in [5, 5.41) is 0. The molecule has 1 aromatic heterocycles. The summed E-state index contributed by atoms with van der Waals surface area (Å²) in [6.07, 6.45) is 5.42. The number of aromatic amines is 1. The number of hydrogen-bond acceptors (Lipinski definition) is 4. The van der Waals surface area contributed by atoms with Gasteiger partial charge >= 0.3 is 0 Å². The van der Waals surface area contributed by atoms with Crippen LogP contribution in [0.5, 0.6) is 5.88 Å². The van der Waals surface area contributed by atoms with Crippen molar-refractivity contribution in [1.82, 2.24) is 9.97 Å². The van der Waals surface area contributed by atoms with Gasteiger partial charge in [0, 0.05) is 6.04 Å². The molecular formula is C10H14BrN3O2. The molecule has 3 N–H and O–H groups in total. The molecule has 2 rings (SSSR count). The summed E-state index contributed by atoms with van der Waals surface area (Å²) < 4.78 is 6.00. The molecule has 5 nitrogen and oxygen atoms in total. The third-order valence-corrected chi connectivity index (χ3v) is 3.48. The molecular weight excluding hydrogens is 274 g/mol. The van der Waals surface area contributed by atoms with Crippen LogP contribution in [0.25, 0.3) is 0 Å². The van der Waals surface area contributed by atoms with Gasteiger partial charge in [-0.05, 0) is 35.2 Å². The van der Waals surface area contributed by atoms with Gasteiger partial charge in [-0.1, -0.05) is 6.42 Å². The fourth-order valence-electron chi connectivity index (χ4n) is 1.86. The first-order valence-electron chi connectivity index (χ1n) is 5.34. The zero-order valence-corrected chi connectivity index (χ0v) is 10.4. The standard InChI is InChI=1S/C10H14BrN3O2/c11-8-9(15)13-5-14-10(8)16-7-4-2-1-3-6(7)12/h5-7H,1-4,12H2,(H,13,14,15). The highest BCUT2D eigenvalue weighted by Gasteiger charge is 2.24. The zero-order valence-electron chi connectivity index (χ0n) is 8.78. The van der Waals surface area contributed by atoms with E-state index < -0.39 is 0 Å². The molecule has 0 amide bonds. The minimum absolute atomic E-state index is 0.0294. The SMILES string of the molecule is NC1CCCCC1Oc1nc[nH]c(=O)c1Br. The summed E-state index contributed by atoms with van der Waals surface area (Å²) in [6.45, 7) is 0. The molecule has 2 atom stereocenters. The summed E-state index contributed by atoms with van der Waals surface area (Å²) in [4.78, 5) is 17.8. The van der Waals surface area contributed by atoms with Gasteiger partial charge in [0.25, 0.3) is 5.56 Å². The van der Waals surface area contributed by atoms with E-state index >= 15 is 0 Å². The lowest BCUT2D eigenvalue weighted by Crippen LogP contribution is -2.41. The Kier molecular flexibility index (Phi) is 3.60. The van der Waals surface area contributed by atoms with Crippen LogP contribution in [-0.4, -0.2) is 22.1 Å². The second-order valence-corrected chi connectivity index (χ2v) is 4.75. The quantitative estimate of drug-likeness (QED) is 0.856. The number of nitrogens with zero attached hydrogens (tertiary/aromatic N) is 1. The third-order valence-electron chi connectivity index (χ3n) is 2.78. The van der Waals surface area contributed by atoms with Gasteiger partial charge in [0.1, 0.15) is 10.6 Å². The highest BCUT2D eigenvalue weighted by atomic mass is 79.9. The van der Waals surface area contributed by atoms with Gasteiger partial charge < -0.3 is 15.5 Å². The highest BCUT2D eigenvalue weighted by Crippen LogP contribution is 2.24. The molecule has 0 radical (unpaired) electrons. The van der Waals surface area contributed by atoms with Gasteiger partial charge in [-0.15, -0.1) is 0 Å². The molecule has 6 heteroatoms. The van der Waals surface area contributed by atoms with E-state index in [4.69, 9.17) is 10.5 Å². The van der Waals surface area contributed by atoms with Crippen LogP contribution in [-0.2, 0) is 0 Å². The van der Waals surface area contributed by atoms with Crippen molar-refractivity contribution in [2.45, 2.75) is 37.8 Å². The first-order chi connectivity index (χ1) is 7.68. The van der Waals surface area contributed by atoms with E-state index in [0.717, 1.165) is 25.7 Å².